The number of hydrogen-bond acceptors (Lipinski definition) is 4. The van der Waals surface area contributed by atoms with Crippen molar-refractivity contribution in [2.24, 2.45) is 0 Å². The van der Waals surface area contributed by atoms with Crippen molar-refractivity contribution in [1.82, 2.24) is 18.9 Å². The van der Waals surface area contributed by atoms with Gasteiger partial charge in [-0.05, 0) is 63.1 Å². The molecule has 0 saturated heterocycles. The molecule has 0 aliphatic heterocycles. The van der Waals surface area contributed by atoms with Gasteiger partial charge >= 0.3 is 0 Å². The third-order valence-corrected chi connectivity index (χ3v) is 5.38. The van der Waals surface area contributed by atoms with Gasteiger partial charge in [0.2, 0.25) is 0 Å². The second kappa shape index (κ2) is 9.16. The number of aromatic nitrogens is 2. The van der Waals surface area contributed by atoms with E-state index in [2.05, 4.69) is 70.3 Å². The average Bonchev–Trinajstić information content (AvgIpc) is 2.97. The number of likely N-dealkylation sites (N-methyl/N-ethyl adjacent to an activating group) is 1. The van der Waals surface area contributed by atoms with E-state index in [0.29, 0.717) is 5.56 Å². The number of para-hydroxylation sites is 2. The summed E-state index contributed by atoms with van der Waals surface area (Å²) in [5.74, 6) is 0. The van der Waals surface area contributed by atoms with Gasteiger partial charge in [-0.1, -0.05) is 24.3 Å². The Balaban J connectivity index is 1.91. The number of rotatable bonds is 8. The molecule has 1 aromatic heterocycles. The van der Waals surface area contributed by atoms with Crippen molar-refractivity contribution in [2.45, 2.75) is 26.7 Å². The molecule has 0 aliphatic rings. The second-order valence-electron chi connectivity index (χ2n) is 7.25. The molecule has 0 spiro atoms. The minimum atomic E-state index is 0.692. The number of benzene rings is 2. The van der Waals surface area contributed by atoms with Crippen LogP contribution in [0.1, 0.15) is 18.1 Å². The van der Waals surface area contributed by atoms with E-state index in [4.69, 9.17) is 17.5 Å². The van der Waals surface area contributed by atoms with Crippen LogP contribution in [0.3, 0.4) is 0 Å². The molecule has 0 fully saturated rings. The fraction of sp³-hybridized carbons (Fsp3) is 0.364. The Morgan fingerprint density at radius 2 is 1.61 bits per heavy atom. The van der Waals surface area contributed by atoms with Gasteiger partial charge in [-0.15, -0.1) is 0 Å². The van der Waals surface area contributed by atoms with Crippen LogP contribution >= 0.6 is 12.2 Å². The first-order chi connectivity index (χ1) is 13.5. The molecule has 0 saturated carbocycles. The van der Waals surface area contributed by atoms with Gasteiger partial charge in [0.25, 0.3) is 0 Å². The first-order valence-corrected chi connectivity index (χ1v) is 9.98. The summed E-state index contributed by atoms with van der Waals surface area (Å²) in [5.41, 5.74) is 4.24. The van der Waals surface area contributed by atoms with Crippen LogP contribution in [0, 0.1) is 16.1 Å². The van der Waals surface area contributed by atoms with Crippen LogP contribution in [0.5, 0.6) is 0 Å². The number of hydrogen-bond donors (Lipinski definition) is 0. The third-order valence-electron chi connectivity index (χ3n) is 4.94. The third kappa shape index (κ3) is 4.50. The maximum absolute atomic E-state index is 9.02. The molecule has 3 rings (SSSR count). The lowest BCUT2D eigenvalue weighted by atomic mass is 10.1. The van der Waals surface area contributed by atoms with E-state index in [0.717, 1.165) is 37.6 Å². The van der Waals surface area contributed by atoms with Gasteiger partial charge in [-0.2, -0.15) is 5.26 Å². The number of aryl methyl sites for hydroxylation is 1. The number of nitrogens with zero attached hydrogens (tertiary/aromatic N) is 5. The normalized spacial score (nSPS) is 11.4. The molecule has 2 aromatic carbocycles. The monoisotopic (exact) mass is 393 g/mol. The lowest BCUT2D eigenvalue weighted by molar-refractivity contribution is 0.189. The predicted molar refractivity (Wildman–Crippen MR) is 117 cm³/mol. The summed E-state index contributed by atoms with van der Waals surface area (Å²) in [6.45, 7) is 6.44. The Morgan fingerprint density at radius 3 is 2.18 bits per heavy atom. The van der Waals surface area contributed by atoms with E-state index >= 15 is 0 Å². The molecule has 146 valence electrons. The van der Waals surface area contributed by atoms with Gasteiger partial charge in [0.05, 0.1) is 29.3 Å². The molecule has 0 amide bonds. The van der Waals surface area contributed by atoms with Crippen LogP contribution in [-0.2, 0) is 19.8 Å². The molecule has 0 unspecified atom stereocenters. The summed E-state index contributed by atoms with van der Waals surface area (Å²) < 4.78 is 5.28. The van der Waals surface area contributed by atoms with E-state index in [1.54, 1.807) is 0 Å². The maximum atomic E-state index is 9.02. The zero-order valence-electron chi connectivity index (χ0n) is 16.8. The molecular weight excluding hydrogens is 366 g/mol. The minimum Gasteiger partial charge on any atom is -0.317 e. The number of nitriles is 1. The summed E-state index contributed by atoms with van der Waals surface area (Å²) in [7, 11) is 4.18. The first kappa shape index (κ1) is 20.3. The molecule has 5 nitrogen and oxygen atoms in total. The quantitative estimate of drug-likeness (QED) is 0.541. The fourth-order valence-corrected chi connectivity index (χ4v) is 3.78. The maximum Gasteiger partial charge on any atom is 0.181 e. The molecule has 0 N–H and O–H groups in total. The smallest absolute Gasteiger partial charge is 0.181 e. The van der Waals surface area contributed by atoms with Crippen LogP contribution in [-0.4, -0.2) is 46.1 Å². The fourth-order valence-electron chi connectivity index (χ4n) is 3.40. The number of imidazole rings is 1. The highest BCUT2D eigenvalue weighted by molar-refractivity contribution is 7.71. The molecule has 3 aromatic rings. The summed E-state index contributed by atoms with van der Waals surface area (Å²) in [6.07, 6.45) is 0. The molecule has 0 radical (unpaired) electrons. The zero-order valence-corrected chi connectivity index (χ0v) is 17.6. The van der Waals surface area contributed by atoms with Crippen LogP contribution < -0.4 is 0 Å². The second-order valence-corrected chi connectivity index (χ2v) is 7.61. The van der Waals surface area contributed by atoms with Gasteiger partial charge in [0, 0.05) is 26.2 Å². The highest BCUT2D eigenvalue weighted by atomic mass is 32.1. The van der Waals surface area contributed by atoms with Gasteiger partial charge in [-0.25, -0.2) is 0 Å². The first-order valence-electron chi connectivity index (χ1n) is 9.57. The molecule has 0 aliphatic carbocycles. The summed E-state index contributed by atoms with van der Waals surface area (Å²) in [5, 5.41) is 9.02. The lowest BCUT2D eigenvalue weighted by Crippen LogP contribution is -2.33. The van der Waals surface area contributed by atoms with E-state index in [9.17, 15) is 0 Å². The molecule has 28 heavy (non-hydrogen) atoms. The Hall–Kier alpha value is -2.46. The van der Waals surface area contributed by atoms with E-state index < -0.39 is 0 Å². The van der Waals surface area contributed by atoms with Crippen molar-refractivity contribution in [1.29, 1.82) is 5.26 Å². The highest BCUT2D eigenvalue weighted by Gasteiger charge is 2.13. The van der Waals surface area contributed by atoms with Crippen LogP contribution in [0.15, 0.2) is 48.5 Å². The number of fused-ring (bicyclic) bond motifs is 1. The van der Waals surface area contributed by atoms with E-state index in [-0.39, 0.29) is 0 Å². The SMILES string of the molecule is CCn1c(=S)n(CN(CCN(C)C)Cc2ccc(C#N)cc2)c2ccccc21. The van der Waals surface area contributed by atoms with Crippen molar-refractivity contribution in [3.05, 3.63) is 64.4 Å². The Labute approximate surface area is 172 Å². The molecule has 0 bridgehead atoms. The Kier molecular flexibility index (Phi) is 6.63. The topological polar surface area (TPSA) is 40.1 Å². The summed E-state index contributed by atoms with van der Waals surface area (Å²) in [6, 6.07) is 18.4. The van der Waals surface area contributed by atoms with Crippen LogP contribution in [0.2, 0.25) is 0 Å². The highest BCUT2D eigenvalue weighted by Crippen LogP contribution is 2.19. The molecule has 1 heterocycles. The van der Waals surface area contributed by atoms with Crippen LogP contribution in [0.25, 0.3) is 11.0 Å². The van der Waals surface area contributed by atoms with E-state index in [1.807, 2.05) is 24.3 Å². The van der Waals surface area contributed by atoms with Crippen molar-refractivity contribution in [2.75, 3.05) is 27.2 Å². The van der Waals surface area contributed by atoms with Crippen molar-refractivity contribution < 1.29 is 0 Å². The Morgan fingerprint density at radius 1 is 0.964 bits per heavy atom. The largest absolute Gasteiger partial charge is 0.317 e. The van der Waals surface area contributed by atoms with Gasteiger partial charge in [0.1, 0.15) is 0 Å². The summed E-state index contributed by atoms with van der Waals surface area (Å²) in [4.78, 5) is 4.60. The summed E-state index contributed by atoms with van der Waals surface area (Å²) >= 11 is 5.80. The van der Waals surface area contributed by atoms with Crippen molar-refractivity contribution in [3.8, 4) is 6.07 Å². The molecule has 6 heteroatoms. The molecule has 0 atom stereocenters. The van der Waals surface area contributed by atoms with Gasteiger partial charge in [0.15, 0.2) is 4.77 Å². The van der Waals surface area contributed by atoms with Gasteiger partial charge < -0.3 is 14.0 Å². The van der Waals surface area contributed by atoms with Gasteiger partial charge in [-0.3, -0.25) is 4.90 Å². The standard InChI is InChI=1S/C22H27N5S/c1-4-26-20-7-5-6-8-21(20)27(22(26)28)17-25(14-13-24(2)3)16-19-11-9-18(15-23)10-12-19/h5-12H,4,13-14,16-17H2,1-3H3. The lowest BCUT2D eigenvalue weighted by Gasteiger charge is -2.25. The predicted octanol–water partition coefficient (Wildman–Crippen LogP) is 4.09. The zero-order chi connectivity index (χ0) is 20.1. The Bertz CT molecular complexity index is 1020. The van der Waals surface area contributed by atoms with Crippen LogP contribution in [0.4, 0.5) is 0 Å². The minimum absolute atomic E-state index is 0.692. The molecular formula is C22H27N5S. The van der Waals surface area contributed by atoms with Crippen molar-refractivity contribution >= 4 is 23.3 Å². The average molecular weight is 394 g/mol. The van der Waals surface area contributed by atoms with Crippen molar-refractivity contribution in [3.63, 3.8) is 0 Å². The van der Waals surface area contributed by atoms with E-state index in [1.165, 1.54) is 16.6 Å².